The van der Waals surface area contributed by atoms with E-state index in [2.05, 4.69) is 36.1 Å². The molecule has 3 rings (SSSR count). The summed E-state index contributed by atoms with van der Waals surface area (Å²) in [5.74, 6) is 1.06. The average Bonchev–Trinajstić information content (AvgIpc) is 2.76. The smallest absolute Gasteiger partial charge is 0.157 e. The van der Waals surface area contributed by atoms with Gasteiger partial charge in [-0.05, 0) is 32.9 Å². The third-order valence-electron chi connectivity index (χ3n) is 3.08. The Morgan fingerprint density at radius 1 is 1.19 bits per heavy atom. The summed E-state index contributed by atoms with van der Waals surface area (Å²) in [4.78, 5) is 8.71. The summed E-state index contributed by atoms with van der Waals surface area (Å²) in [6.45, 7) is 6.26. The number of imidazole rings is 1. The Labute approximate surface area is 123 Å². The average molecular weight is 282 g/mol. The van der Waals surface area contributed by atoms with Crippen molar-refractivity contribution in [3.63, 3.8) is 0 Å². The van der Waals surface area contributed by atoms with Gasteiger partial charge in [0.05, 0.1) is 6.20 Å². The fourth-order valence-corrected chi connectivity index (χ4v) is 2.24. The second-order valence-corrected chi connectivity index (χ2v) is 6.01. The van der Waals surface area contributed by atoms with Crippen molar-refractivity contribution in [1.82, 2.24) is 14.4 Å². The summed E-state index contributed by atoms with van der Waals surface area (Å²) in [5.41, 5.74) is 2.03. The molecular formula is C16H18N4O. The molecule has 0 aliphatic rings. The molecule has 2 heterocycles. The lowest BCUT2D eigenvalue weighted by atomic mass is 10.1. The van der Waals surface area contributed by atoms with E-state index < -0.39 is 0 Å². The predicted octanol–water partition coefficient (Wildman–Crippen LogP) is 3.31. The van der Waals surface area contributed by atoms with Crippen molar-refractivity contribution in [2.45, 2.75) is 26.3 Å². The Kier molecular flexibility index (Phi) is 3.05. The van der Waals surface area contributed by atoms with Crippen LogP contribution >= 0.6 is 0 Å². The maximum Gasteiger partial charge on any atom is 0.157 e. The number of hydrogen-bond donors (Lipinski definition) is 2. The number of hydrogen-bond acceptors (Lipinski definition) is 4. The molecule has 5 heteroatoms. The van der Waals surface area contributed by atoms with Gasteiger partial charge in [0.15, 0.2) is 5.65 Å². The van der Waals surface area contributed by atoms with Gasteiger partial charge in [-0.1, -0.05) is 12.1 Å². The molecule has 2 aromatic heterocycles. The maximum absolute atomic E-state index is 10.1. The zero-order valence-corrected chi connectivity index (χ0v) is 12.3. The molecular weight excluding hydrogens is 264 g/mol. The Hall–Kier alpha value is -2.56. The summed E-state index contributed by atoms with van der Waals surface area (Å²) in [5, 5.41) is 13.6. The summed E-state index contributed by atoms with van der Waals surface area (Å²) in [7, 11) is 0. The molecule has 2 N–H and O–H groups in total. The molecule has 0 aliphatic carbocycles. The number of phenolic OH excluding ortho intramolecular Hbond substituents is 1. The quantitative estimate of drug-likeness (QED) is 0.757. The van der Waals surface area contributed by atoms with E-state index in [0.717, 1.165) is 17.2 Å². The number of fused-ring (bicyclic) bond motifs is 1. The van der Waals surface area contributed by atoms with Crippen molar-refractivity contribution >= 4 is 11.5 Å². The van der Waals surface area contributed by atoms with E-state index in [1.807, 2.05) is 22.7 Å². The van der Waals surface area contributed by atoms with E-state index in [1.54, 1.807) is 24.5 Å². The summed E-state index contributed by atoms with van der Waals surface area (Å²) in [6.07, 6.45) is 5.29. The van der Waals surface area contributed by atoms with Gasteiger partial charge in [-0.15, -0.1) is 0 Å². The lowest BCUT2D eigenvalue weighted by Crippen LogP contribution is -2.27. The summed E-state index contributed by atoms with van der Waals surface area (Å²) < 4.78 is 1.94. The van der Waals surface area contributed by atoms with Gasteiger partial charge in [0, 0.05) is 23.5 Å². The maximum atomic E-state index is 10.1. The molecule has 3 aromatic rings. The molecule has 108 valence electrons. The monoisotopic (exact) mass is 282 g/mol. The molecule has 1 aromatic carbocycles. The number of nitrogens with one attached hydrogen (secondary N) is 1. The van der Waals surface area contributed by atoms with Crippen LogP contribution in [-0.2, 0) is 0 Å². The van der Waals surface area contributed by atoms with Gasteiger partial charge < -0.3 is 10.4 Å². The fourth-order valence-electron chi connectivity index (χ4n) is 2.24. The van der Waals surface area contributed by atoms with Crippen LogP contribution in [0, 0.1) is 0 Å². The first-order chi connectivity index (χ1) is 9.96. The van der Waals surface area contributed by atoms with Gasteiger partial charge >= 0.3 is 0 Å². The molecule has 0 amide bonds. The topological polar surface area (TPSA) is 62.5 Å². The number of benzene rings is 1. The summed E-state index contributed by atoms with van der Waals surface area (Å²) in [6, 6.07) is 7.21. The Morgan fingerprint density at radius 2 is 1.95 bits per heavy atom. The lowest BCUT2D eigenvalue weighted by Gasteiger charge is -2.22. The van der Waals surface area contributed by atoms with Crippen molar-refractivity contribution in [2.75, 3.05) is 5.32 Å². The number of phenols is 1. The number of para-hydroxylation sites is 1. The second kappa shape index (κ2) is 4.77. The number of rotatable bonds is 2. The minimum Gasteiger partial charge on any atom is -0.507 e. The Bertz CT molecular complexity index is 786. The minimum atomic E-state index is -0.127. The van der Waals surface area contributed by atoms with E-state index in [4.69, 9.17) is 0 Å². The Morgan fingerprint density at radius 3 is 2.67 bits per heavy atom. The van der Waals surface area contributed by atoms with Crippen molar-refractivity contribution in [2.24, 2.45) is 0 Å². The highest BCUT2D eigenvalue weighted by Gasteiger charge is 2.20. The zero-order chi connectivity index (χ0) is 15.0. The molecule has 0 aliphatic heterocycles. The van der Waals surface area contributed by atoms with Crippen molar-refractivity contribution < 1.29 is 5.11 Å². The van der Waals surface area contributed by atoms with Crippen LogP contribution in [-0.4, -0.2) is 25.0 Å². The standard InChI is InChI=1S/C16H18N4O/c1-16(2,3)19-15-14(11-6-4-5-7-12(11)21)18-13-10-17-8-9-20(13)15/h4-10,19,21H,1-3H3. The minimum absolute atomic E-state index is 0.127. The molecule has 5 nitrogen and oxygen atoms in total. The van der Waals surface area contributed by atoms with Crippen LogP contribution < -0.4 is 5.32 Å². The Balaban J connectivity index is 2.27. The largest absolute Gasteiger partial charge is 0.507 e. The van der Waals surface area contributed by atoms with E-state index in [0.29, 0.717) is 5.56 Å². The van der Waals surface area contributed by atoms with Gasteiger partial charge in [-0.25, -0.2) is 4.98 Å². The van der Waals surface area contributed by atoms with Crippen LogP contribution in [0.3, 0.4) is 0 Å². The molecule has 0 atom stereocenters. The van der Waals surface area contributed by atoms with E-state index in [-0.39, 0.29) is 11.3 Å². The molecule has 0 radical (unpaired) electrons. The van der Waals surface area contributed by atoms with Crippen LogP contribution in [0.15, 0.2) is 42.9 Å². The molecule has 0 saturated heterocycles. The van der Waals surface area contributed by atoms with Crippen LogP contribution in [0.2, 0.25) is 0 Å². The number of nitrogens with zero attached hydrogens (tertiary/aromatic N) is 3. The van der Waals surface area contributed by atoms with Gasteiger partial charge in [0.25, 0.3) is 0 Å². The normalized spacial score (nSPS) is 11.8. The number of anilines is 1. The first-order valence-corrected chi connectivity index (χ1v) is 6.84. The van der Waals surface area contributed by atoms with Crippen LogP contribution in [0.1, 0.15) is 20.8 Å². The third kappa shape index (κ3) is 2.54. The molecule has 0 bridgehead atoms. The van der Waals surface area contributed by atoms with Crippen LogP contribution in [0.25, 0.3) is 16.9 Å². The fraction of sp³-hybridized carbons (Fsp3) is 0.250. The van der Waals surface area contributed by atoms with Crippen molar-refractivity contribution in [1.29, 1.82) is 0 Å². The van der Waals surface area contributed by atoms with Crippen molar-refractivity contribution in [3.8, 4) is 17.0 Å². The highest BCUT2D eigenvalue weighted by atomic mass is 16.3. The third-order valence-corrected chi connectivity index (χ3v) is 3.08. The highest BCUT2D eigenvalue weighted by molar-refractivity contribution is 5.80. The number of aromatic nitrogens is 3. The summed E-state index contributed by atoms with van der Waals surface area (Å²) >= 11 is 0. The molecule has 0 spiro atoms. The van der Waals surface area contributed by atoms with Gasteiger partial charge in [-0.2, -0.15) is 0 Å². The lowest BCUT2D eigenvalue weighted by molar-refractivity contribution is 0.477. The van der Waals surface area contributed by atoms with Crippen molar-refractivity contribution in [3.05, 3.63) is 42.9 Å². The van der Waals surface area contributed by atoms with Crippen LogP contribution in [0.5, 0.6) is 5.75 Å². The van der Waals surface area contributed by atoms with Crippen LogP contribution in [0.4, 0.5) is 5.82 Å². The first kappa shape index (κ1) is 13.4. The molecule has 0 saturated carbocycles. The molecule has 0 unspecified atom stereocenters. The van der Waals surface area contributed by atoms with E-state index in [9.17, 15) is 5.11 Å². The SMILES string of the molecule is CC(C)(C)Nc1c(-c2ccccc2O)nc2cnccn12. The second-order valence-electron chi connectivity index (χ2n) is 6.01. The van der Waals surface area contributed by atoms with E-state index in [1.165, 1.54) is 0 Å². The predicted molar refractivity (Wildman–Crippen MR) is 83.5 cm³/mol. The first-order valence-electron chi connectivity index (χ1n) is 6.84. The van der Waals surface area contributed by atoms with Gasteiger partial charge in [0.2, 0.25) is 0 Å². The number of aromatic hydroxyl groups is 1. The molecule has 21 heavy (non-hydrogen) atoms. The van der Waals surface area contributed by atoms with Gasteiger partial charge in [0.1, 0.15) is 17.3 Å². The van der Waals surface area contributed by atoms with E-state index >= 15 is 0 Å². The van der Waals surface area contributed by atoms with Gasteiger partial charge in [-0.3, -0.25) is 9.38 Å². The zero-order valence-electron chi connectivity index (χ0n) is 12.3. The highest BCUT2D eigenvalue weighted by Crippen LogP contribution is 2.35. The molecule has 0 fully saturated rings.